The Labute approximate surface area is 180 Å². The van der Waals surface area contributed by atoms with Crippen molar-refractivity contribution in [3.63, 3.8) is 0 Å². The Hall–Kier alpha value is -2.56. The normalized spacial score (nSPS) is 13.6. The van der Waals surface area contributed by atoms with Gasteiger partial charge in [-0.15, -0.1) is 0 Å². The molecule has 0 heterocycles. The summed E-state index contributed by atoms with van der Waals surface area (Å²) in [6, 6.07) is 11.1. The van der Waals surface area contributed by atoms with Crippen LogP contribution in [0.1, 0.15) is 23.2 Å². The van der Waals surface area contributed by atoms with Crippen molar-refractivity contribution in [3.05, 3.63) is 48.0 Å². The van der Waals surface area contributed by atoms with Gasteiger partial charge >= 0.3 is 0 Å². The molecule has 1 saturated carbocycles. The zero-order valence-electron chi connectivity index (χ0n) is 16.8. The summed E-state index contributed by atoms with van der Waals surface area (Å²) < 4.78 is 33.1. The van der Waals surface area contributed by atoms with E-state index in [0.717, 1.165) is 24.6 Å². The molecule has 2 aromatic rings. The van der Waals surface area contributed by atoms with Gasteiger partial charge in [0.15, 0.2) is 0 Å². The van der Waals surface area contributed by atoms with Gasteiger partial charge in [0.05, 0.1) is 12.8 Å². The highest BCUT2D eigenvalue weighted by atomic mass is 32.2. The van der Waals surface area contributed by atoms with Crippen LogP contribution in [-0.2, 0) is 10.0 Å². The fraction of sp³-hybridized carbons (Fsp3) is 0.300. The molecule has 0 unspecified atom stereocenters. The van der Waals surface area contributed by atoms with Crippen LogP contribution in [0, 0.1) is 0 Å². The molecule has 2 aromatic carbocycles. The quantitative estimate of drug-likeness (QED) is 0.629. The maximum Gasteiger partial charge on any atom is 0.286 e. The van der Waals surface area contributed by atoms with Crippen molar-refractivity contribution in [2.45, 2.75) is 28.7 Å². The van der Waals surface area contributed by atoms with Gasteiger partial charge in [0, 0.05) is 30.6 Å². The van der Waals surface area contributed by atoms with Crippen LogP contribution in [0.25, 0.3) is 0 Å². The zero-order valence-corrected chi connectivity index (χ0v) is 18.5. The Morgan fingerprint density at radius 1 is 1.13 bits per heavy atom. The standard InChI is InChI=1S/C20H23N3O5S2/c1-23(2)20(25)29-17-7-5-4-6-15(17)21-19(24)13-8-11-16(28-3)18(12-13)30(26,27)22-14-9-10-14/h4-8,11-12,14,22H,9-10H2,1-3H3,(H,21,24). The van der Waals surface area contributed by atoms with E-state index in [0.29, 0.717) is 10.6 Å². The van der Waals surface area contributed by atoms with Crippen LogP contribution in [0.15, 0.2) is 52.3 Å². The van der Waals surface area contributed by atoms with Crippen LogP contribution in [-0.4, -0.2) is 51.7 Å². The van der Waals surface area contributed by atoms with Crippen molar-refractivity contribution in [3.8, 4) is 5.75 Å². The predicted molar refractivity (Wildman–Crippen MR) is 116 cm³/mol. The van der Waals surface area contributed by atoms with Gasteiger partial charge in [-0.2, -0.15) is 0 Å². The summed E-state index contributed by atoms with van der Waals surface area (Å²) in [5.74, 6) is -0.335. The molecule has 160 valence electrons. The molecule has 2 N–H and O–H groups in total. The molecule has 30 heavy (non-hydrogen) atoms. The molecule has 0 radical (unpaired) electrons. The van der Waals surface area contributed by atoms with E-state index in [1.807, 2.05) is 0 Å². The summed E-state index contributed by atoms with van der Waals surface area (Å²) in [6.07, 6.45) is 1.59. The van der Waals surface area contributed by atoms with Crippen LogP contribution in [0.2, 0.25) is 0 Å². The average Bonchev–Trinajstić information content (AvgIpc) is 3.52. The lowest BCUT2D eigenvalue weighted by atomic mass is 10.2. The summed E-state index contributed by atoms with van der Waals surface area (Å²) in [5.41, 5.74) is 0.616. The van der Waals surface area contributed by atoms with Crippen LogP contribution in [0.5, 0.6) is 5.75 Å². The maximum atomic E-state index is 12.8. The molecule has 8 nitrogen and oxygen atoms in total. The summed E-state index contributed by atoms with van der Waals surface area (Å²) >= 11 is 0.989. The van der Waals surface area contributed by atoms with Crippen molar-refractivity contribution in [2.75, 3.05) is 26.5 Å². The minimum absolute atomic E-state index is 0.0738. The maximum absolute atomic E-state index is 12.8. The lowest BCUT2D eigenvalue weighted by molar-refractivity contribution is 0.102. The monoisotopic (exact) mass is 449 g/mol. The zero-order chi connectivity index (χ0) is 21.9. The number of carbonyl (C=O) groups is 2. The first-order valence-corrected chi connectivity index (χ1v) is 11.5. The number of benzene rings is 2. The first-order chi connectivity index (χ1) is 14.2. The van der Waals surface area contributed by atoms with E-state index in [4.69, 9.17) is 4.74 Å². The number of carbonyl (C=O) groups excluding carboxylic acids is 2. The number of methoxy groups -OCH3 is 1. The summed E-state index contributed by atoms with van der Waals surface area (Å²) in [5, 5.41) is 2.57. The van der Waals surface area contributed by atoms with Gasteiger partial charge in [-0.3, -0.25) is 9.59 Å². The van der Waals surface area contributed by atoms with Gasteiger partial charge in [-0.25, -0.2) is 13.1 Å². The number of thioether (sulfide) groups is 1. The number of amides is 2. The first-order valence-electron chi connectivity index (χ1n) is 9.21. The van der Waals surface area contributed by atoms with Crippen LogP contribution < -0.4 is 14.8 Å². The third-order valence-electron chi connectivity index (χ3n) is 4.31. The molecule has 1 aliphatic rings. The molecule has 10 heteroatoms. The van der Waals surface area contributed by atoms with E-state index in [1.54, 1.807) is 38.4 Å². The number of rotatable bonds is 7. The fourth-order valence-electron chi connectivity index (χ4n) is 2.55. The Morgan fingerprint density at radius 2 is 1.83 bits per heavy atom. The molecule has 0 spiro atoms. The Balaban J connectivity index is 1.86. The molecule has 3 rings (SSSR count). The summed E-state index contributed by atoms with van der Waals surface area (Å²) in [4.78, 5) is 26.8. The third kappa shape index (κ3) is 5.32. The molecule has 0 aliphatic heterocycles. The highest BCUT2D eigenvalue weighted by Crippen LogP contribution is 2.31. The number of nitrogens with one attached hydrogen (secondary N) is 2. The largest absolute Gasteiger partial charge is 0.495 e. The molecule has 0 saturated heterocycles. The van der Waals surface area contributed by atoms with Gasteiger partial charge in [-0.05, 0) is 54.9 Å². The van der Waals surface area contributed by atoms with E-state index in [9.17, 15) is 18.0 Å². The van der Waals surface area contributed by atoms with Gasteiger partial charge < -0.3 is 15.0 Å². The molecule has 0 bridgehead atoms. The van der Waals surface area contributed by atoms with Gasteiger partial charge in [0.2, 0.25) is 10.0 Å². The highest BCUT2D eigenvalue weighted by molar-refractivity contribution is 8.13. The van der Waals surface area contributed by atoms with Crippen LogP contribution >= 0.6 is 11.8 Å². The third-order valence-corrected chi connectivity index (χ3v) is 6.97. The van der Waals surface area contributed by atoms with Crippen molar-refractivity contribution in [1.29, 1.82) is 0 Å². The Kier molecular flexibility index (Phi) is 6.69. The minimum atomic E-state index is -3.81. The second-order valence-corrected chi connectivity index (χ2v) is 9.65. The molecule has 1 aliphatic carbocycles. The van der Waals surface area contributed by atoms with Crippen molar-refractivity contribution < 1.29 is 22.7 Å². The topological polar surface area (TPSA) is 105 Å². The molecule has 2 amide bonds. The highest BCUT2D eigenvalue weighted by Gasteiger charge is 2.30. The molecular formula is C20H23N3O5S2. The fourth-order valence-corrected chi connectivity index (χ4v) is 4.80. The summed E-state index contributed by atoms with van der Waals surface area (Å²) in [6.45, 7) is 0. The number of hydrogen-bond donors (Lipinski definition) is 2. The Morgan fingerprint density at radius 3 is 2.47 bits per heavy atom. The van der Waals surface area contributed by atoms with E-state index in [1.165, 1.54) is 30.2 Å². The van der Waals surface area contributed by atoms with E-state index in [-0.39, 0.29) is 27.5 Å². The second kappa shape index (κ2) is 9.07. The first kappa shape index (κ1) is 22.1. The molecule has 0 aromatic heterocycles. The van der Waals surface area contributed by atoms with Gasteiger partial charge in [0.25, 0.3) is 11.1 Å². The van der Waals surface area contributed by atoms with Gasteiger partial charge in [-0.1, -0.05) is 12.1 Å². The van der Waals surface area contributed by atoms with Crippen molar-refractivity contribution in [2.24, 2.45) is 0 Å². The Bertz CT molecular complexity index is 1070. The van der Waals surface area contributed by atoms with Crippen molar-refractivity contribution in [1.82, 2.24) is 9.62 Å². The smallest absolute Gasteiger partial charge is 0.286 e. The molecule has 1 fully saturated rings. The average molecular weight is 450 g/mol. The van der Waals surface area contributed by atoms with E-state index >= 15 is 0 Å². The second-order valence-electron chi connectivity index (χ2n) is 6.97. The number of anilines is 1. The van der Waals surface area contributed by atoms with E-state index in [2.05, 4.69) is 10.0 Å². The number of sulfonamides is 1. The number of hydrogen-bond acceptors (Lipinski definition) is 6. The number of ether oxygens (including phenoxy) is 1. The number of para-hydroxylation sites is 1. The summed E-state index contributed by atoms with van der Waals surface area (Å²) in [7, 11) is 0.853. The molecule has 0 atom stereocenters. The number of nitrogens with zero attached hydrogens (tertiary/aromatic N) is 1. The SMILES string of the molecule is COc1ccc(C(=O)Nc2ccccc2SC(=O)N(C)C)cc1S(=O)(=O)NC1CC1. The van der Waals surface area contributed by atoms with E-state index < -0.39 is 15.9 Å². The van der Waals surface area contributed by atoms with Crippen LogP contribution in [0.3, 0.4) is 0 Å². The van der Waals surface area contributed by atoms with Crippen molar-refractivity contribution >= 4 is 38.6 Å². The van der Waals surface area contributed by atoms with Gasteiger partial charge in [0.1, 0.15) is 10.6 Å². The lowest BCUT2D eigenvalue weighted by Crippen LogP contribution is -2.26. The van der Waals surface area contributed by atoms with Crippen LogP contribution in [0.4, 0.5) is 10.5 Å². The predicted octanol–water partition coefficient (Wildman–Crippen LogP) is 3.16. The minimum Gasteiger partial charge on any atom is -0.495 e. The molecular weight excluding hydrogens is 426 g/mol. The lowest BCUT2D eigenvalue weighted by Gasteiger charge is -2.14.